The molecule has 9 aromatic carbocycles. The van der Waals surface area contributed by atoms with Gasteiger partial charge in [0.05, 0.1) is 0 Å². The number of hydrogen-bond acceptors (Lipinski definition) is 3. The predicted molar refractivity (Wildman–Crippen MR) is 320 cm³/mol. The Bertz CT molecular complexity index is 2850. The van der Waals surface area contributed by atoms with Crippen LogP contribution in [0.5, 0.6) is 0 Å². The maximum absolute atomic E-state index is 12.4. The van der Waals surface area contributed by atoms with Gasteiger partial charge in [-0.2, -0.15) is 5.57 Å². The standard InChI is InChI=1S/3C20H16O2.C14H19.Ti/c3*21-19(22)20(16-10-4-1-5-11-16,17-12-6-2-7-13-17)18-14-8-3-9-15-18;1-10-11-6-2-4-8-13(11)14-9-5-3-7-12(10)14;/h3*1-15H,(H,21,22);6,10H,2-5,7-9H2,1H3;/q;;;-1;. The molecular formula is C74H67O6Ti-. The molecule has 0 saturated carbocycles. The molecule has 0 aromatic heterocycles. The molecule has 0 aliphatic heterocycles. The molecule has 0 saturated heterocycles. The average Bonchev–Trinajstić information content (AvgIpc) is 3.93. The van der Waals surface area contributed by atoms with Gasteiger partial charge in [-0.05, 0) is 75.3 Å². The summed E-state index contributed by atoms with van der Waals surface area (Å²) < 4.78 is 0. The summed E-state index contributed by atoms with van der Waals surface area (Å²) in [7, 11) is 0. The van der Waals surface area contributed by atoms with Crippen molar-refractivity contribution in [3.05, 3.63) is 352 Å². The number of aliphatic carboxylic acids is 3. The molecule has 12 rings (SSSR count). The molecule has 0 spiro atoms. The Hall–Kier alpha value is -8.55. The number of carboxylic acids is 3. The van der Waals surface area contributed by atoms with E-state index in [9.17, 15) is 29.7 Å². The quantitative estimate of drug-likeness (QED) is 0.0638. The Morgan fingerprint density at radius 1 is 0.333 bits per heavy atom. The second kappa shape index (κ2) is 27.6. The molecule has 7 heteroatoms. The van der Waals surface area contributed by atoms with Crippen LogP contribution in [0.1, 0.15) is 102 Å². The van der Waals surface area contributed by atoms with Gasteiger partial charge in [0.2, 0.25) is 0 Å². The minimum absolute atomic E-state index is 0. The summed E-state index contributed by atoms with van der Waals surface area (Å²) in [5.74, 6) is -1.86. The van der Waals surface area contributed by atoms with E-state index >= 15 is 0 Å². The van der Waals surface area contributed by atoms with Crippen molar-refractivity contribution in [2.75, 3.05) is 0 Å². The third-order valence-corrected chi connectivity index (χ3v) is 16.0. The Morgan fingerprint density at radius 2 is 0.543 bits per heavy atom. The largest absolute Gasteiger partial charge is 0.480 e. The zero-order valence-electron chi connectivity index (χ0n) is 45.7. The molecule has 1 unspecified atom stereocenters. The fraction of sp³-hybridized carbons (Fsp3) is 0.162. The molecule has 3 aliphatic carbocycles. The summed E-state index contributed by atoms with van der Waals surface area (Å²) in [5, 5.41) is 30.6. The van der Waals surface area contributed by atoms with E-state index in [0.29, 0.717) is 0 Å². The second-order valence-corrected chi connectivity index (χ2v) is 20.4. The van der Waals surface area contributed by atoms with Crippen molar-refractivity contribution < 1.29 is 51.4 Å². The molecule has 1 atom stereocenters. The molecule has 3 aliphatic rings. The van der Waals surface area contributed by atoms with E-state index in [1.165, 1.54) is 44.9 Å². The van der Waals surface area contributed by atoms with Crippen LogP contribution in [0, 0.1) is 12.3 Å². The van der Waals surface area contributed by atoms with Gasteiger partial charge in [0.25, 0.3) is 0 Å². The first-order valence-electron chi connectivity index (χ1n) is 27.6. The fourth-order valence-corrected chi connectivity index (χ4v) is 12.3. The van der Waals surface area contributed by atoms with Gasteiger partial charge in [0.1, 0.15) is 16.2 Å². The topological polar surface area (TPSA) is 112 Å². The molecule has 0 bridgehead atoms. The maximum atomic E-state index is 12.4. The number of benzene rings is 9. The minimum atomic E-state index is -1.20. The van der Waals surface area contributed by atoms with Gasteiger partial charge in [-0.3, -0.25) is 14.4 Å². The molecule has 81 heavy (non-hydrogen) atoms. The number of fused-ring (bicyclic) bond motifs is 1. The van der Waals surface area contributed by atoms with Gasteiger partial charge in [-0.1, -0.05) is 305 Å². The van der Waals surface area contributed by atoms with E-state index in [2.05, 4.69) is 13.3 Å². The number of allylic oxidation sites excluding steroid dienone is 4. The zero-order valence-corrected chi connectivity index (χ0v) is 47.2. The second-order valence-electron chi connectivity index (χ2n) is 20.4. The summed E-state index contributed by atoms with van der Waals surface area (Å²) in [6.45, 7) is 2.42. The summed E-state index contributed by atoms with van der Waals surface area (Å²) in [5.41, 5.74) is 10.2. The van der Waals surface area contributed by atoms with Crippen molar-refractivity contribution in [1.82, 2.24) is 0 Å². The first-order chi connectivity index (χ1) is 39.2. The molecule has 3 N–H and O–H groups in total. The van der Waals surface area contributed by atoms with Crippen LogP contribution in [0.15, 0.2) is 295 Å². The van der Waals surface area contributed by atoms with Crippen LogP contribution in [0.2, 0.25) is 0 Å². The van der Waals surface area contributed by atoms with E-state index in [-0.39, 0.29) is 21.7 Å². The number of carboxylic acid groups (broad SMARTS) is 3. The van der Waals surface area contributed by atoms with E-state index in [1.54, 1.807) is 22.3 Å². The van der Waals surface area contributed by atoms with Gasteiger partial charge in [0, 0.05) is 21.7 Å². The van der Waals surface area contributed by atoms with E-state index in [4.69, 9.17) is 0 Å². The summed E-state index contributed by atoms with van der Waals surface area (Å²) in [4.78, 5) is 37.3. The van der Waals surface area contributed by atoms with Crippen molar-refractivity contribution in [3.63, 3.8) is 0 Å². The van der Waals surface area contributed by atoms with Gasteiger partial charge in [-0.25, -0.2) is 12.0 Å². The van der Waals surface area contributed by atoms with Crippen LogP contribution in [0.3, 0.4) is 0 Å². The zero-order chi connectivity index (χ0) is 55.8. The SMILES string of the molecule is CC1C2=C(CCC[CH-]2)C2=C1CCCC2.O=C(O)C(c1ccccc1)(c1ccccc1)c1ccccc1.O=C(O)C(c1ccccc1)(c1ccccc1)c1ccccc1.O=C(O)C(c1ccccc1)(c1ccccc1)c1ccccc1.[Ti]. The van der Waals surface area contributed by atoms with Crippen molar-refractivity contribution in [1.29, 1.82) is 0 Å². The monoisotopic (exact) mass is 1100 g/mol. The Morgan fingerprint density at radius 3 is 0.765 bits per heavy atom. The average molecular weight is 1100 g/mol. The molecule has 0 radical (unpaired) electrons. The molecule has 0 heterocycles. The van der Waals surface area contributed by atoms with Crippen LogP contribution < -0.4 is 0 Å². The van der Waals surface area contributed by atoms with Crippen molar-refractivity contribution in [2.45, 2.75) is 68.1 Å². The van der Waals surface area contributed by atoms with Gasteiger partial charge in [0.15, 0.2) is 0 Å². The first-order valence-corrected chi connectivity index (χ1v) is 27.6. The first kappa shape index (κ1) is 58.6. The van der Waals surface area contributed by atoms with Crippen LogP contribution >= 0.6 is 0 Å². The maximum Gasteiger partial charge on any atom is 0.323 e. The van der Waals surface area contributed by atoms with Crippen LogP contribution in [0.25, 0.3) is 0 Å². The Balaban J connectivity index is 0.000000143. The normalized spacial score (nSPS) is 14.5. The molecule has 0 amide bonds. The van der Waals surface area contributed by atoms with Crippen LogP contribution in [0.4, 0.5) is 0 Å². The molecule has 9 aromatic rings. The van der Waals surface area contributed by atoms with Crippen molar-refractivity contribution in [3.8, 4) is 0 Å². The molecule has 0 fully saturated rings. The predicted octanol–water partition coefficient (Wildman–Crippen LogP) is 16.5. The van der Waals surface area contributed by atoms with Gasteiger partial charge < -0.3 is 15.3 Å². The van der Waals surface area contributed by atoms with Gasteiger partial charge >= 0.3 is 17.9 Å². The van der Waals surface area contributed by atoms with Crippen molar-refractivity contribution >= 4 is 17.9 Å². The molecule has 6 nitrogen and oxygen atoms in total. The summed E-state index contributed by atoms with van der Waals surface area (Å²) in [6.07, 6.45) is 12.2. The van der Waals surface area contributed by atoms with Crippen LogP contribution in [-0.2, 0) is 52.3 Å². The van der Waals surface area contributed by atoms with E-state index < -0.39 is 34.2 Å². The Labute approximate surface area is 492 Å². The van der Waals surface area contributed by atoms with Crippen LogP contribution in [-0.4, -0.2) is 33.2 Å². The van der Waals surface area contributed by atoms with E-state index in [1.807, 2.05) is 273 Å². The third-order valence-electron chi connectivity index (χ3n) is 16.0. The van der Waals surface area contributed by atoms with Gasteiger partial charge in [-0.15, -0.1) is 12.0 Å². The van der Waals surface area contributed by atoms with Crippen molar-refractivity contribution in [2.24, 2.45) is 5.92 Å². The summed E-state index contributed by atoms with van der Waals surface area (Å²) >= 11 is 0. The number of hydrogen-bond donors (Lipinski definition) is 3. The third kappa shape index (κ3) is 12.0. The smallest absolute Gasteiger partial charge is 0.323 e. The van der Waals surface area contributed by atoms with E-state index in [0.717, 1.165) is 56.0 Å². The number of rotatable bonds is 12. The fourth-order valence-electron chi connectivity index (χ4n) is 12.3. The minimum Gasteiger partial charge on any atom is -0.480 e. The molecular weight excluding hydrogens is 1030 g/mol. The number of carbonyl (C=O) groups is 3. The summed E-state index contributed by atoms with van der Waals surface area (Å²) in [6, 6.07) is 84.4. The molecule has 404 valence electrons. The Kier molecular flexibility index (Phi) is 19.9.